The summed E-state index contributed by atoms with van der Waals surface area (Å²) >= 11 is 0. The molecule has 0 N–H and O–H groups in total. The van der Waals surface area contributed by atoms with E-state index in [0.717, 1.165) is 37.2 Å². The largest absolute Gasteiger partial charge is 0.378 e. The first-order valence-electron chi connectivity index (χ1n) is 8.19. The van der Waals surface area contributed by atoms with Crippen molar-refractivity contribution in [1.29, 1.82) is 5.26 Å². The Morgan fingerprint density at radius 1 is 1.21 bits per heavy atom. The van der Waals surface area contributed by atoms with E-state index in [1.165, 1.54) is 0 Å². The third-order valence-electron chi connectivity index (χ3n) is 4.96. The van der Waals surface area contributed by atoms with Crippen LogP contribution in [0.2, 0.25) is 0 Å². The van der Waals surface area contributed by atoms with Gasteiger partial charge in [0.05, 0.1) is 18.8 Å². The number of hydrogen-bond donors (Lipinski definition) is 0. The molecule has 2 bridgehead atoms. The van der Waals surface area contributed by atoms with Crippen LogP contribution in [0.3, 0.4) is 0 Å². The number of methoxy groups -OCH3 is 1. The van der Waals surface area contributed by atoms with Crippen molar-refractivity contribution >= 4 is 5.82 Å². The molecule has 2 aliphatic rings. The highest BCUT2D eigenvalue weighted by Crippen LogP contribution is 2.43. The first-order chi connectivity index (χ1) is 11.8. The van der Waals surface area contributed by atoms with Crippen LogP contribution in [0, 0.1) is 11.3 Å². The summed E-state index contributed by atoms with van der Waals surface area (Å²) in [6.07, 6.45) is 9.40. The molecule has 2 aliphatic heterocycles. The molecule has 8 heteroatoms. The molecule has 2 unspecified atom stereocenters. The van der Waals surface area contributed by atoms with E-state index in [9.17, 15) is 5.26 Å². The number of hydrogen-bond acceptors (Lipinski definition) is 7. The van der Waals surface area contributed by atoms with Crippen LogP contribution in [0.4, 0.5) is 5.82 Å². The zero-order valence-electron chi connectivity index (χ0n) is 13.5. The van der Waals surface area contributed by atoms with Crippen LogP contribution in [0.5, 0.6) is 0 Å². The molecule has 2 atom stereocenters. The predicted octanol–water partition coefficient (Wildman–Crippen LogP) is 1.46. The topological polar surface area (TPSA) is 92.8 Å². The zero-order valence-corrected chi connectivity index (χ0v) is 13.5. The maximum absolute atomic E-state index is 9.31. The van der Waals surface area contributed by atoms with Crippen LogP contribution in [0.25, 0.3) is 0 Å². The summed E-state index contributed by atoms with van der Waals surface area (Å²) in [4.78, 5) is 10.9. The second kappa shape index (κ2) is 6.17. The summed E-state index contributed by atoms with van der Waals surface area (Å²) in [5.74, 6) is 0.726. The fourth-order valence-electron chi connectivity index (χ4n) is 4.01. The monoisotopic (exact) mass is 325 g/mol. The Bertz CT molecular complexity index is 754. The summed E-state index contributed by atoms with van der Waals surface area (Å²) < 4.78 is 7.08. The van der Waals surface area contributed by atoms with Crippen molar-refractivity contribution < 1.29 is 4.74 Å². The van der Waals surface area contributed by atoms with Crippen molar-refractivity contribution in [2.45, 2.75) is 50.4 Å². The lowest BCUT2D eigenvalue weighted by Crippen LogP contribution is -2.44. The molecule has 2 aromatic heterocycles. The average molecular weight is 325 g/mol. The Kier molecular flexibility index (Phi) is 3.86. The average Bonchev–Trinajstić information content (AvgIpc) is 3.17. The van der Waals surface area contributed by atoms with Crippen LogP contribution >= 0.6 is 0 Å². The number of rotatable bonds is 4. The summed E-state index contributed by atoms with van der Waals surface area (Å²) in [6.45, 7) is 0.483. The Labute approximate surface area is 140 Å². The Hall–Kier alpha value is -2.53. The fourth-order valence-corrected chi connectivity index (χ4v) is 4.01. The van der Waals surface area contributed by atoms with Crippen LogP contribution in [-0.4, -0.2) is 44.2 Å². The lowest BCUT2D eigenvalue weighted by molar-refractivity contribution is 0.181. The number of ether oxygens (including phenoxy) is 1. The minimum atomic E-state index is 0.332. The van der Waals surface area contributed by atoms with Crippen molar-refractivity contribution in [3.8, 4) is 6.07 Å². The van der Waals surface area contributed by atoms with Gasteiger partial charge in [-0.3, -0.25) is 0 Å². The third kappa shape index (κ3) is 2.51. The fraction of sp³-hybridized carbons (Fsp3) is 0.562. The summed E-state index contributed by atoms with van der Waals surface area (Å²) in [5, 5.41) is 17.8. The molecule has 4 rings (SSSR count). The second-order valence-corrected chi connectivity index (χ2v) is 6.38. The molecule has 24 heavy (non-hydrogen) atoms. The summed E-state index contributed by atoms with van der Waals surface area (Å²) in [5.41, 5.74) is 1.27. The molecule has 0 saturated carbocycles. The maximum atomic E-state index is 9.31. The minimum absolute atomic E-state index is 0.332. The minimum Gasteiger partial charge on any atom is -0.378 e. The van der Waals surface area contributed by atoms with E-state index in [0.29, 0.717) is 30.4 Å². The first-order valence-corrected chi connectivity index (χ1v) is 8.19. The molecular weight excluding hydrogens is 306 g/mol. The standard InChI is InChI=1S/C16H19N7O/c1-24-10-11-9-22(21-20-11)14-6-12-2-3-13(7-14)23(12)16-15(8-17)18-4-5-19-16/h4-5,9,12-14H,2-3,6-7,10H2,1H3. The van der Waals surface area contributed by atoms with Crippen LogP contribution in [0.15, 0.2) is 18.6 Å². The van der Waals surface area contributed by atoms with Gasteiger partial charge < -0.3 is 9.64 Å². The molecule has 0 amide bonds. The van der Waals surface area contributed by atoms with Gasteiger partial charge in [-0.05, 0) is 25.7 Å². The number of aromatic nitrogens is 5. The molecule has 8 nitrogen and oxygen atoms in total. The Morgan fingerprint density at radius 3 is 2.67 bits per heavy atom. The number of nitrogens with zero attached hydrogens (tertiary/aromatic N) is 7. The third-order valence-corrected chi connectivity index (χ3v) is 4.96. The maximum Gasteiger partial charge on any atom is 0.183 e. The first kappa shape index (κ1) is 15.0. The molecule has 0 aromatic carbocycles. The molecule has 2 fully saturated rings. The van der Waals surface area contributed by atoms with E-state index in [1.807, 2.05) is 10.9 Å². The molecule has 2 aromatic rings. The van der Waals surface area contributed by atoms with E-state index < -0.39 is 0 Å². The molecular formula is C16H19N7O. The quantitative estimate of drug-likeness (QED) is 0.840. The van der Waals surface area contributed by atoms with Gasteiger partial charge in [0, 0.05) is 31.6 Å². The molecule has 0 spiro atoms. The number of nitriles is 1. The molecule has 124 valence electrons. The van der Waals surface area contributed by atoms with Crippen LogP contribution < -0.4 is 4.90 Å². The molecule has 0 radical (unpaired) electrons. The number of anilines is 1. The van der Waals surface area contributed by atoms with E-state index in [4.69, 9.17) is 4.74 Å². The van der Waals surface area contributed by atoms with Crippen molar-refractivity contribution in [1.82, 2.24) is 25.0 Å². The van der Waals surface area contributed by atoms with Gasteiger partial charge in [0.25, 0.3) is 0 Å². The highest BCUT2D eigenvalue weighted by molar-refractivity contribution is 5.52. The summed E-state index contributed by atoms with van der Waals surface area (Å²) in [7, 11) is 1.66. The van der Waals surface area contributed by atoms with Gasteiger partial charge in [0.2, 0.25) is 0 Å². The van der Waals surface area contributed by atoms with Gasteiger partial charge >= 0.3 is 0 Å². The van der Waals surface area contributed by atoms with Crippen molar-refractivity contribution in [3.05, 3.63) is 30.0 Å². The van der Waals surface area contributed by atoms with Crippen molar-refractivity contribution in [3.63, 3.8) is 0 Å². The van der Waals surface area contributed by atoms with E-state index in [1.54, 1.807) is 19.5 Å². The van der Waals surface area contributed by atoms with Crippen molar-refractivity contribution in [2.75, 3.05) is 12.0 Å². The van der Waals surface area contributed by atoms with Crippen LogP contribution in [0.1, 0.15) is 43.1 Å². The van der Waals surface area contributed by atoms with Crippen molar-refractivity contribution in [2.24, 2.45) is 0 Å². The lowest BCUT2D eigenvalue weighted by Gasteiger charge is -2.39. The van der Waals surface area contributed by atoms with Gasteiger partial charge in [0.1, 0.15) is 11.8 Å². The zero-order chi connectivity index (χ0) is 16.5. The highest BCUT2D eigenvalue weighted by Gasteiger charge is 2.43. The smallest absolute Gasteiger partial charge is 0.183 e. The second-order valence-electron chi connectivity index (χ2n) is 6.38. The van der Waals surface area contributed by atoms with Gasteiger partial charge in [-0.15, -0.1) is 5.10 Å². The summed E-state index contributed by atoms with van der Waals surface area (Å²) in [6, 6.07) is 3.23. The molecule has 0 aliphatic carbocycles. The Balaban J connectivity index is 1.56. The highest BCUT2D eigenvalue weighted by atomic mass is 16.5. The molecule has 4 heterocycles. The Morgan fingerprint density at radius 2 is 1.96 bits per heavy atom. The van der Waals surface area contributed by atoms with Gasteiger partial charge in [0.15, 0.2) is 11.5 Å². The number of piperidine rings is 1. The van der Waals surface area contributed by atoms with Crippen LogP contribution in [-0.2, 0) is 11.3 Å². The van der Waals surface area contributed by atoms with Gasteiger partial charge in [-0.2, -0.15) is 5.26 Å². The lowest BCUT2D eigenvalue weighted by atomic mass is 9.97. The van der Waals surface area contributed by atoms with E-state index in [2.05, 4.69) is 31.2 Å². The number of fused-ring (bicyclic) bond motifs is 2. The predicted molar refractivity (Wildman–Crippen MR) is 85.0 cm³/mol. The van der Waals surface area contributed by atoms with E-state index >= 15 is 0 Å². The van der Waals surface area contributed by atoms with Gasteiger partial charge in [-0.1, -0.05) is 5.21 Å². The van der Waals surface area contributed by atoms with E-state index in [-0.39, 0.29) is 0 Å². The SMILES string of the molecule is COCc1cn(C2CC3CCC(C2)N3c2nccnc2C#N)nn1. The van der Waals surface area contributed by atoms with Gasteiger partial charge in [-0.25, -0.2) is 14.6 Å². The normalized spacial score (nSPS) is 25.7. The molecule has 2 saturated heterocycles.